The van der Waals surface area contributed by atoms with Gasteiger partial charge in [0.2, 0.25) is 0 Å². The van der Waals surface area contributed by atoms with E-state index in [1.165, 1.54) is 14.2 Å². The second-order valence-electron chi connectivity index (χ2n) is 7.81. The van der Waals surface area contributed by atoms with Gasteiger partial charge in [-0.25, -0.2) is 9.46 Å². The molecule has 7 nitrogen and oxygen atoms in total. The van der Waals surface area contributed by atoms with Gasteiger partial charge in [0, 0.05) is 25.6 Å². The quantitative estimate of drug-likeness (QED) is 0.500. The van der Waals surface area contributed by atoms with Gasteiger partial charge in [-0.3, -0.25) is 9.36 Å². The molecule has 0 N–H and O–H groups in total. The van der Waals surface area contributed by atoms with Crippen LogP contribution in [0.3, 0.4) is 0 Å². The summed E-state index contributed by atoms with van der Waals surface area (Å²) >= 11 is 0. The minimum absolute atomic E-state index is 0.134. The normalized spacial score (nSPS) is 27.3. The lowest BCUT2D eigenvalue weighted by molar-refractivity contribution is -0.154. The molecular formula is C23H26NO6P. The van der Waals surface area contributed by atoms with Gasteiger partial charge in [0.25, 0.3) is 0 Å². The molecule has 0 saturated carbocycles. The number of carbonyl (C=O) groups excluding carboxylic acids is 2. The number of benzene rings is 2. The van der Waals surface area contributed by atoms with Crippen LogP contribution in [0.4, 0.5) is 0 Å². The summed E-state index contributed by atoms with van der Waals surface area (Å²) in [6.07, 6.45) is 1.10. The minimum Gasteiger partial charge on any atom is -0.469 e. The minimum atomic E-state index is -3.40. The number of hydrogen-bond acceptors (Lipinski definition) is 6. The number of methoxy groups -OCH3 is 1. The molecule has 31 heavy (non-hydrogen) atoms. The molecule has 1 unspecified atom stereocenters. The second kappa shape index (κ2) is 8.95. The van der Waals surface area contributed by atoms with Crippen LogP contribution in [0.25, 0.3) is 0 Å². The molecule has 2 aromatic carbocycles. The van der Waals surface area contributed by atoms with E-state index in [4.69, 9.17) is 14.0 Å². The summed E-state index contributed by atoms with van der Waals surface area (Å²) < 4.78 is 32.4. The summed E-state index contributed by atoms with van der Waals surface area (Å²) in [5, 5.41) is 0.581. The highest BCUT2D eigenvalue weighted by Crippen LogP contribution is 2.59. The van der Waals surface area contributed by atoms with Crippen LogP contribution < -0.4 is 5.30 Å². The first-order chi connectivity index (χ1) is 15.0. The van der Waals surface area contributed by atoms with Crippen molar-refractivity contribution in [1.82, 2.24) is 4.67 Å². The van der Waals surface area contributed by atoms with Crippen molar-refractivity contribution in [3.63, 3.8) is 0 Å². The highest BCUT2D eigenvalue weighted by molar-refractivity contribution is 7.64. The lowest BCUT2D eigenvalue weighted by Gasteiger charge is -2.45. The van der Waals surface area contributed by atoms with Crippen LogP contribution in [0.5, 0.6) is 0 Å². The first-order valence-electron chi connectivity index (χ1n) is 10.3. The zero-order chi connectivity index (χ0) is 22.0. The van der Waals surface area contributed by atoms with Crippen molar-refractivity contribution in [2.24, 2.45) is 5.92 Å². The highest BCUT2D eigenvalue weighted by atomic mass is 31.2. The average Bonchev–Trinajstić information content (AvgIpc) is 3.14. The molecule has 2 aromatic rings. The fourth-order valence-corrected chi connectivity index (χ4v) is 7.34. The first kappa shape index (κ1) is 21.8. The molecule has 2 aliphatic rings. The van der Waals surface area contributed by atoms with E-state index in [-0.39, 0.29) is 6.04 Å². The number of ether oxygens (including phenoxy) is 2. The number of esters is 2. The smallest absolute Gasteiger partial charge is 0.338 e. The monoisotopic (exact) mass is 443 g/mol. The van der Waals surface area contributed by atoms with Crippen molar-refractivity contribution in [2.75, 3.05) is 14.2 Å². The zero-order valence-electron chi connectivity index (χ0n) is 17.5. The number of carbonyl (C=O) groups is 2. The molecule has 8 heteroatoms. The largest absolute Gasteiger partial charge is 0.469 e. The van der Waals surface area contributed by atoms with Crippen molar-refractivity contribution in [3.8, 4) is 0 Å². The standard InChI is InChI=1S/C23H26NO6P/c1-28-23(26)21-19-14-13-17(15-20(21)30-22(25)16-9-5-3-6-10-16)24(19)31(27,29-2)18-11-7-4-8-12-18/h3-12,17,19-21H,13-15H2,1-2H3/t17-,19+,20-,21+,31?/m0/s1. The molecule has 0 spiro atoms. The Kier molecular flexibility index (Phi) is 6.28. The molecule has 4 rings (SSSR count). The van der Waals surface area contributed by atoms with E-state index >= 15 is 0 Å². The summed E-state index contributed by atoms with van der Waals surface area (Å²) in [6, 6.07) is 17.2. The summed E-state index contributed by atoms with van der Waals surface area (Å²) in [5.74, 6) is -1.70. The Labute approximate surface area is 181 Å². The van der Waals surface area contributed by atoms with E-state index < -0.39 is 37.5 Å². The van der Waals surface area contributed by atoms with E-state index in [9.17, 15) is 14.2 Å². The van der Waals surface area contributed by atoms with Gasteiger partial charge >= 0.3 is 19.5 Å². The Hall–Kier alpha value is -2.47. The van der Waals surface area contributed by atoms with E-state index in [2.05, 4.69) is 0 Å². The third-order valence-corrected chi connectivity index (χ3v) is 8.88. The fraction of sp³-hybridized carbons (Fsp3) is 0.391. The Morgan fingerprint density at radius 2 is 1.61 bits per heavy atom. The van der Waals surface area contributed by atoms with Crippen molar-refractivity contribution >= 4 is 24.8 Å². The predicted molar refractivity (Wildman–Crippen MR) is 115 cm³/mol. The van der Waals surface area contributed by atoms with Crippen molar-refractivity contribution in [3.05, 3.63) is 66.2 Å². The van der Waals surface area contributed by atoms with Crippen LogP contribution in [0.1, 0.15) is 29.6 Å². The van der Waals surface area contributed by atoms with Crippen molar-refractivity contribution in [1.29, 1.82) is 0 Å². The summed E-state index contributed by atoms with van der Waals surface area (Å²) in [4.78, 5) is 25.5. The van der Waals surface area contributed by atoms with Gasteiger partial charge in [0.1, 0.15) is 12.0 Å². The van der Waals surface area contributed by atoms with Gasteiger partial charge in [-0.1, -0.05) is 36.4 Å². The van der Waals surface area contributed by atoms with Crippen LogP contribution in [0.15, 0.2) is 60.7 Å². The summed E-state index contributed by atoms with van der Waals surface area (Å²) in [5.41, 5.74) is 0.424. The number of hydrogen-bond donors (Lipinski definition) is 0. The number of nitrogens with zero attached hydrogens (tertiary/aromatic N) is 1. The van der Waals surface area contributed by atoms with Crippen molar-refractivity contribution < 1.29 is 28.2 Å². The molecule has 0 aromatic heterocycles. The molecule has 2 saturated heterocycles. The third kappa shape index (κ3) is 3.93. The van der Waals surface area contributed by atoms with Crippen molar-refractivity contribution in [2.45, 2.75) is 37.5 Å². The molecule has 164 valence electrons. The maximum absolute atomic E-state index is 14.1. The molecule has 0 amide bonds. The second-order valence-corrected chi connectivity index (χ2v) is 10.2. The van der Waals surface area contributed by atoms with Crippen LogP contribution in [0.2, 0.25) is 0 Å². The molecular weight excluding hydrogens is 417 g/mol. The van der Waals surface area contributed by atoms with Gasteiger partial charge < -0.3 is 14.0 Å². The summed E-state index contributed by atoms with van der Waals surface area (Å²) in [6.45, 7) is 0. The molecule has 2 bridgehead atoms. The Morgan fingerprint density at radius 1 is 0.968 bits per heavy atom. The summed E-state index contributed by atoms with van der Waals surface area (Å²) in [7, 11) is -0.650. The third-order valence-electron chi connectivity index (χ3n) is 6.20. The molecule has 2 aliphatic heterocycles. The maximum atomic E-state index is 14.1. The van der Waals surface area contributed by atoms with Gasteiger partial charge in [-0.2, -0.15) is 0 Å². The number of rotatable bonds is 6. The average molecular weight is 443 g/mol. The van der Waals surface area contributed by atoms with E-state index in [1.54, 1.807) is 36.4 Å². The van der Waals surface area contributed by atoms with Gasteiger partial charge in [0.05, 0.1) is 18.0 Å². The molecule has 0 radical (unpaired) electrons. The lowest BCUT2D eigenvalue weighted by atomic mass is 9.89. The van der Waals surface area contributed by atoms with Gasteiger partial charge in [-0.05, 0) is 37.1 Å². The zero-order valence-corrected chi connectivity index (χ0v) is 18.4. The highest BCUT2D eigenvalue weighted by Gasteiger charge is 2.58. The molecule has 0 aliphatic carbocycles. The Morgan fingerprint density at radius 3 is 2.23 bits per heavy atom. The topological polar surface area (TPSA) is 82.1 Å². The van der Waals surface area contributed by atoms with Crippen LogP contribution >= 0.6 is 7.52 Å². The first-order valence-corrected chi connectivity index (χ1v) is 11.9. The van der Waals surface area contributed by atoms with E-state index in [1.807, 2.05) is 28.9 Å². The van der Waals surface area contributed by atoms with E-state index in [0.29, 0.717) is 23.7 Å². The Balaban J connectivity index is 1.66. The van der Waals surface area contributed by atoms with Crippen LogP contribution in [-0.4, -0.2) is 49.0 Å². The number of fused-ring (bicyclic) bond motifs is 2. The lowest BCUT2D eigenvalue weighted by Crippen LogP contribution is -2.54. The molecule has 5 atom stereocenters. The van der Waals surface area contributed by atoms with Crippen LogP contribution in [-0.2, 0) is 23.4 Å². The maximum Gasteiger partial charge on any atom is 0.338 e. The predicted octanol–water partition coefficient (Wildman–Crippen LogP) is 3.40. The fourth-order valence-electron chi connectivity index (χ4n) is 4.84. The Bertz CT molecular complexity index is 982. The SMILES string of the molecule is COC(=O)[C@H]1[C@@H](OC(=O)c2ccccc2)C[C@@H]2CC[C@H]1N2P(=O)(OC)c1ccccc1. The molecule has 2 heterocycles. The van der Waals surface area contributed by atoms with Gasteiger partial charge in [0.15, 0.2) is 0 Å². The molecule has 2 fully saturated rings. The van der Waals surface area contributed by atoms with Gasteiger partial charge in [-0.15, -0.1) is 0 Å². The number of piperidine rings is 1. The van der Waals surface area contributed by atoms with E-state index in [0.717, 1.165) is 6.42 Å². The van der Waals surface area contributed by atoms with Crippen LogP contribution in [0, 0.1) is 5.92 Å².